The third-order valence-electron chi connectivity index (χ3n) is 4.77. The van der Waals surface area contributed by atoms with Gasteiger partial charge < -0.3 is 23.7 Å². The number of alkyl halides is 6. The quantitative estimate of drug-likeness (QED) is 0.0775. The lowest BCUT2D eigenvalue weighted by Gasteiger charge is -2.29. The molecule has 0 aromatic heterocycles. The predicted molar refractivity (Wildman–Crippen MR) is 154 cm³/mol. The molecule has 38 heavy (non-hydrogen) atoms. The number of methoxy groups -OCH3 is 1. The van der Waals surface area contributed by atoms with E-state index in [4.69, 9.17) is 104 Å². The van der Waals surface area contributed by atoms with Crippen LogP contribution < -0.4 is 4.74 Å². The van der Waals surface area contributed by atoms with Crippen molar-refractivity contribution in [2.75, 3.05) is 20.3 Å². The maximum absolute atomic E-state index is 8.03. The van der Waals surface area contributed by atoms with Gasteiger partial charge in [-0.3, -0.25) is 10.8 Å². The smallest absolute Gasteiger partial charge is 0.265 e. The highest BCUT2D eigenvalue weighted by atomic mass is 35.6. The number of hydrogen-bond acceptors (Lipinski definition) is 7. The fourth-order valence-corrected chi connectivity index (χ4v) is 3.15. The Morgan fingerprint density at radius 2 is 1.34 bits per heavy atom. The molecule has 0 spiro atoms. The van der Waals surface area contributed by atoms with E-state index in [0.29, 0.717) is 12.4 Å². The first-order valence-corrected chi connectivity index (χ1v) is 13.3. The molecule has 0 aliphatic heterocycles. The average Bonchev–Trinajstić information content (AvgIpc) is 2.87. The van der Waals surface area contributed by atoms with E-state index < -0.39 is 31.6 Å². The summed E-state index contributed by atoms with van der Waals surface area (Å²) in [6.45, 7) is 0.617. The van der Waals surface area contributed by atoms with Crippen LogP contribution >= 0.6 is 69.6 Å². The Bertz CT molecular complexity index is 1040. The van der Waals surface area contributed by atoms with E-state index in [0.717, 1.165) is 11.1 Å². The molecule has 2 aromatic carbocycles. The summed E-state index contributed by atoms with van der Waals surface area (Å²) in [6.07, 6.45) is 1.01. The number of ether oxygens (including phenoxy) is 5. The molecular formula is C25H26Cl6N2O5. The van der Waals surface area contributed by atoms with Crippen LogP contribution in [0.2, 0.25) is 0 Å². The zero-order valence-electron chi connectivity index (χ0n) is 20.1. The fourth-order valence-electron chi connectivity index (χ4n) is 2.88. The van der Waals surface area contributed by atoms with Gasteiger partial charge in [-0.05, 0) is 29.3 Å². The molecule has 2 aromatic rings. The van der Waals surface area contributed by atoms with Gasteiger partial charge in [0.1, 0.15) is 5.75 Å². The first-order chi connectivity index (χ1) is 17.9. The Balaban J connectivity index is 2.15. The Labute approximate surface area is 251 Å². The first-order valence-electron chi connectivity index (χ1n) is 11.0. The van der Waals surface area contributed by atoms with Crippen LogP contribution in [-0.4, -0.2) is 51.9 Å². The van der Waals surface area contributed by atoms with Gasteiger partial charge in [-0.25, -0.2) is 0 Å². The Kier molecular flexibility index (Phi) is 13.8. The van der Waals surface area contributed by atoms with Gasteiger partial charge in [0.05, 0.1) is 33.5 Å². The van der Waals surface area contributed by atoms with E-state index in [-0.39, 0.29) is 19.8 Å². The lowest BCUT2D eigenvalue weighted by molar-refractivity contribution is -0.0153. The molecule has 2 N–H and O–H groups in total. The molecule has 2 atom stereocenters. The summed E-state index contributed by atoms with van der Waals surface area (Å²) < 4.78 is 23.5. The van der Waals surface area contributed by atoms with E-state index in [1.54, 1.807) is 25.3 Å². The summed E-state index contributed by atoms with van der Waals surface area (Å²) in [7, 11) is 1.57. The molecule has 0 fully saturated rings. The summed E-state index contributed by atoms with van der Waals surface area (Å²) in [5.74, 6) is -0.654. The molecular weight excluding hydrogens is 621 g/mol. The lowest BCUT2D eigenvalue weighted by Crippen LogP contribution is -2.41. The second-order valence-electron chi connectivity index (χ2n) is 7.68. The maximum Gasteiger partial charge on any atom is 0.265 e. The van der Waals surface area contributed by atoms with Gasteiger partial charge in [0, 0.05) is 0 Å². The molecule has 0 amide bonds. The van der Waals surface area contributed by atoms with Crippen molar-refractivity contribution in [1.82, 2.24) is 0 Å². The van der Waals surface area contributed by atoms with Crippen LogP contribution in [0.5, 0.6) is 5.75 Å². The van der Waals surface area contributed by atoms with Crippen LogP contribution in [0.1, 0.15) is 11.1 Å². The Morgan fingerprint density at radius 1 is 0.789 bits per heavy atom. The second-order valence-corrected chi connectivity index (χ2v) is 12.2. The topological polar surface area (TPSA) is 93.9 Å². The van der Waals surface area contributed by atoms with E-state index in [9.17, 15) is 0 Å². The van der Waals surface area contributed by atoms with Crippen LogP contribution in [-0.2, 0) is 32.2 Å². The molecule has 0 saturated heterocycles. The largest absolute Gasteiger partial charge is 0.497 e. The minimum absolute atomic E-state index is 0.137. The highest BCUT2D eigenvalue weighted by molar-refractivity contribution is 6.76. The Hall–Kier alpha value is -1.42. The molecule has 0 unspecified atom stereocenters. The number of hydrogen-bond donors (Lipinski definition) is 2. The summed E-state index contributed by atoms with van der Waals surface area (Å²) in [6, 6.07) is 16.8. The maximum atomic E-state index is 8.03. The van der Waals surface area contributed by atoms with E-state index in [1.165, 1.54) is 6.08 Å². The second kappa shape index (κ2) is 16.0. The van der Waals surface area contributed by atoms with Gasteiger partial charge in [0.15, 0.2) is 12.2 Å². The monoisotopic (exact) mass is 644 g/mol. The molecule has 0 radical (unpaired) electrons. The molecule has 0 aliphatic carbocycles. The fraction of sp³-hybridized carbons (Fsp3) is 0.360. The third-order valence-corrected chi connectivity index (χ3v) is 5.80. The minimum atomic E-state index is -2.15. The van der Waals surface area contributed by atoms with Gasteiger partial charge in [-0.15, -0.1) is 0 Å². The van der Waals surface area contributed by atoms with Gasteiger partial charge >= 0.3 is 0 Å². The van der Waals surface area contributed by atoms with Crippen molar-refractivity contribution in [3.63, 3.8) is 0 Å². The van der Waals surface area contributed by atoms with Crippen molar-refractivity contribution in [2.24, 2.45) is 0 Å². The van der Waals surface area contributed by atoms with Crippen molar-refractivity contribution in [3.8, 4) is 5.75 Å². The van der Waals surface area contributed by atoms with Gasteiger partial charge in [-0.1, -0.05) is 118 Å². The number of halogens is 6. The highest BCUT2D eigenvalue weighted by Crippen LogP contribution is 2.31. The summed E-state index contributed by atoms with van der Waals surface area (Å²) in [5.41, 5.74) is 1.84. The van der Waals surface area contributed by atoms with E-state index >= 15 is 0 Å². The van der Waals surface area contributed by atoms with E-state index in [2.05, 4.69) is 0 Å². The summed E-state index contributed by atoms with van der Waals surface area (Å²) in [5, 5.41) is 16.1. The van der Waals surface area contributed by atoms with Crippen LogP contribution in [0.4, 0.5) is 0 Å². The van der Waals surface area contributed by atoms with Gasteiger partial charge in [0.25, 0.3) is 7.59 Å². The molecule has 13 heteroatoms. The molecule has 208 valence electrons. The Morgan fingerprint density at radius 3 is 1.92 bits per heavy atom. The van der Waals surface area contributed by atoms with Crippen molar-refractivity contribution < 1.29 is 23.7 Å². The minimum Gasteiger partial charge on any atom is -0.497 e. The van der Waals surface area contributed by atoms with Crippen LogP contribution in [0.15, 0.2) is 66.7 Å². The van der Waals surface area contributed by atoms with Crippen molar-refractivity contribution >= 4 is 81.4 Å². The zero-order chi connectivity index (χ0) is 28.2. The van der Waals surface area contributed by atoms with Crippen LogP contribution in [0.25, 0.3) is 0 Å². The third kappa shape index (κ3) is 12.2. The average molecular weight is 647 g/mol. The lowest BCUT2D eigenvalue weighted by atomic mass is 10.2. The summed E-state index contributed by atoms with van der Waals surface area (Å²) >= 11 is 34.9. The number of rotatable bonds is 13. The summed E-state index contributed by atoms with van der Waals surface area (Å²) in [4.78, 5) is 0. The number of benzene rings is 2. The molecule has 0 heterocycles. The van der Waals surface area contributed by atoms with E-state index in [1.807, 2.05) is 42.5 Å². The van der Waals surface area contributed by atoms with Crippen molar-refractivity contribution in [1.29, 1.82) is 10.8 Å². The predicted octanol–water partition coefficient (Wildman–Crippen LogP) is 7.45. The first kappa shape index (κ1) is 32.8. The van der Waals surface area contributed by atoms with Crippen molar-refractivity contribution in [3.05, 3.63) is 77.9 Å². The zero-order valence-corrected chi connectivity index (χ0v) is 24.7. The molecule has 7 nitrogen and oxygen atoms in total. The highest BCUT2D eigenvalue weighted by Gasteiger charge is 2.37. The SMILES string of the molecule is COc1ccc(COC[C@H](OC(=N)C(Cl)(Cl)Cl)[C@H](/C=C/COCc2ccccc2)OC(=N)C(Cl)(Cl)Cl)cc1. The number of nitrogens with one attached hydrogen (secondary N) is 2. The molecule has 2 rings (SSSR count). The van der Waals surface area contributed by atoms with Crippen LogP contribution in [0.3, 0.4) is 0 Å². The molecule has 0 bridgehead atoms. The standard InChI is InChI=1S/C25H26Cl6N2O5/c1-34-19-11-9-18(10-12-19)15-36-16-21(38-23(33)25(29,30)31)20(37-22(32)24(26,27)28)8-5-13-35-14-17-6-3-2-4-7-17/h2-12,20-21,32-33H,13-16H2,1H3/b8-5+,32-22?,33-23?/t20-,21-/m0/s1. The van der Waals surface area contributed by atoms with Gasteiger partial charge in [0.2, 0.25) is 11.8 Å². The normalized spacial score (nSPS) is 13.7. The molecule has 0 saturated carbocycles. The molecule has 0 aliphatic rings. The van der Waals surface area contributed by atoms with Crippen molar-refractivity contribution in [2.45, 2.75) is 33.0 Å². The van der Waals surface area contributed by atoms with Crippen LogP contribution in [0, 0.1) is 10.8 Å². The van der Waals surface area contributed by atoms with Gasteiger partial charge in [-0.2, -0.15) is 0 Å².